The Morgan fingerprint density at radius 1 is 1.11 bits per heavy atom. The van der Waals surface area contributed by atoms with Crippen LogP contribution in [0.5, 0.6) is 0 Å². The van der Waals surface area contributed by atoms with Gasteiger partial charge < -0.3 is 4.90 Å². The summed E-state index contributed by atoms with van der Waals surface area (Å²) in [4.78, 5) is 6.92. The second-order valence-corrected chi connectivity index (χ2v) is 10.7. The smallest absolute Gasteiger partial charge is 0.164 e. The van der Waals surface area contributed by atoms with Gasteiger partial charge in [0.25, 0.3) is 0 Å². The number of amidine groups is 1. The summed E-state index contributed by atoms with van der Waals surface area (Å²) in [5, 5.41) is 1.62. The number of benzene rings is 2. The van der Waals surface area contributed by atoms with Crippen molar-refractivity contribution in [3.8, 4) is 0 Å². The molecule has 4 rings (SSSR count). The summed E-state index contributed by atoms with van der Waals surface area (Å²) < 4.78 is 24.3. The first kappa shape index (κ1) is 18.8. The van der Waals surface area contributed by atoms with E-state index in [1.165, 1.54) is 11.1 Å². The number of nitrogens with zero attached hydrogens (tertiary/aromatic N) is 2. The first-order valence-electron chi connectivity index (χ1n) is 8.84. The number of hydrogen-bond donors (Lipinski definition) is 0. The molecule has 0 N–H and O–H groups in total. The summed E-state index contributed by atoms with van der Waals surface area (Å²) in [6, 6.07) is 13.8. The molecule has 2 aliphatic rings. The van der Waals surface area contributed by atoms with Crippen LogP contribution in [0.3, 0.4) is 0 Å². The average molecular weight is 421 g/mol. The second kappa shape index (κ2) is 7.15. The van der Waals surface area contributed by atoms with Gasteiger partial charge in [-0.25, -0.2) is 8.42 Å². The highest BCUT2D eigenvalue weighted by Crippen LogP contribution is 2.36. The largest absolute Gasteiger partial charge is 0.315 e. The van der Waals surface area contributed by atoms with Crippen molar-refractivity contribution in [3.05, 3.63) is 64.2 Å². The highest BCUT2D eigenvalue weighted by atomic mass is 35.5. The van der Waals surface area contributed by atoms with Crippen LogP contribution in [-0.4, -0.2) is 37.2 Å². The maximum absolute atomic E-state index is 12.1. The quantitative estimate of drug-likeness (QED) is 0.745. The van der Waals surface area contributed by atoms with Crippen molar-refractivity contribution in [2.75, 3.05) is 16.4 Å². The van der Waals surface area contributed by atoms with Crippen LogP contribution in [0.4, 0.5) is 5.69 Å². The minimum atomic E-state index is -3.03. The lowest BCUT2D eigenvalue weighted by Crippen LogP contribution is -2.39. The molecule has 2 atom stereocenters. The van der Waals surface area contributed by atoms with Crippen molar-refractivity contribution in [3.63, 3.8) is 0 Å². The normalized spacial score (nSPS) is 23.4. The number of aryl methyl sites for hydroxylation is 2. The lowest BCUT2D eigenvalue weighted by atomic mass is 10.1. The fourth-order valence-corrected chi connectivity index (χ4v) is 6.59. The van der Waals surface area contributed by atoms with Gasteiger partial charge in [-0.2, -0.15) is 0 Å². The van der Waals surface area contributed by atoms with Crippen molar-refractivity contribution in [1.29, 1.82) is 0 Å². The lowest BCUT2D eigenvalue weighted by Gasteiger charge is -2.27. The molecule has 0 bridgehead atoms. The van der Waals surface area contributed by atoms with Gasteiger partial charge in [-0.3, -0.25) is 4.99 Å². The van der Waals surface area contributed by atoms with E-state index in [0.717, 1.165) is 27.2 Å². The molecule has 0 saturated carbocycles. The summed E-state index contributed by atoms with van der Waals surface area (Å²) >= 11 is 7.62. The number of halogens is 1. The van der Waals surface area contributed by atoms with Gasteiger partial charge in [0.2, 0.25) is 0 Å². The fraction of sp³-hybridized carbons (Fsp3) is 0.350. The highest BCUT2D eigenvalue weighted by Gasteiger charge is 2.47. The molecule has 4 nitrogen and oxygen atoms in total. The van der Waals surface area contributed by atoms with E-state index < -0.39 is 9.84 Å². The van der Waals surface area contributed by atoms with Crippen molar-refractivity contribution in [1.82, 2.24) is 0 Å². The SMILES string of the molecule is Cc1ccc(N2C(SCc3ccc(Cl)cc3)=N[C@@H]3CS(=O)(=O)C[C@H]32)cc1C. The minimum absolute atomic E-state index is 0.107. The molecule has 0 unspecified atom stereocenters. The molecule has 0 aliphatic carbocycles. The van der Waals surface area contributed by atoms with E-state index >= 15 is 0 Å². The summed E-state index contributed by atoms with van der Waals surface area (Å²) in [6.45, 7) is 4.16. The number of thioether (sulfide) groups is 1. The predicted octanol–water partition coefficient (Wildman–Crippen LogP) is 4.23. The molecule has 0 radical (unpaired) electrons. The molecular formula is C20H21ClN2O2S2. The number of hydrogen-bond acceptors (Lipinski definition) is 5. The number of anilines is 1. The molecule has 2 aliphatic heterocycles. The molecule has 1 fully saturated rings. The standard InChI is InChI=1S/C20H21ClN2O2S2/c1-13-3-8-17(9-14(13)2)23-19-12-27(24,25)11-18(19)22-20(23)26-10-15-4-6-16(21)7-5-15/h3-9,18-19H,10-12H2,1-2H3/t18-,19-/m1/s1. The third-order valence-corrected chi connectivity index (χ3v) is 8.15. The van der Waals surface area contributed by atoms with E-state index in [-0.39, 0.29) is 23.6 Å². The molecule has 7 heteroatoms. The lowest BCUT2D eigenvalue weighted by molar-refractivity contribution is 0.601. The number of aliphatic imine (C=N–C) groups is 1. The topological polar surface area (TPSA) is 49.7 Å². The van der Waals surface area contributed by atoms with Gasteiger partial charge in [0.15, 0.2) is 15.0 Å². The molecule has 27 heavy (non-hydrogen) atoms. The van der Waals surface area contributed by atoms with Crippen molar-refractivity contribution in [2.45, 2.75) is 31.7 Å². The average Bonchev–Trinajstić information content (AvgIpc) is 3.08. The Morgan fingerprint density at radius 2 is 1.85 bits per heavy atom. The second-order valence-electron chi connectivity index (χ2n) is 7.18. The van der Waals surface area contributed by atoms with Crippen LogP contribution < -0.4 is 4.90 Å². The van der Waals surface area contributed by atoms with Crippen LogP contribution in [0.15, 0.2) is 47.5 Å². The third kappa shape index (κ3) is 3.89. The molecule has 0 spiro atoms. The molecule has 2 heterocycles. The molecule has 2 aromatic carbocycles. The highest BCUT2D eigenvalue weighted by molar-refractivity contribution is 8.13. The molecule has 1 saturated heterocycles. The molecule has 0 amide bonds. The Morgan fingerprint density at radius 3 is 2.56 bits per heavy atom. The van der Waals surface area contributed by atoms with Crippen LogP contribution in [0.2, 0.25) is 5.02 Å². The van der Waals surface area contributed by atoms with E-state index in [1.54, 1.807) is 11.8 Å². The van der Waals surface area contributed by atoms with Gasteiger partial charge in [-0.1, -0.05) is 41.6 Å². The van der Waals surface area contributed by atoms with Crippen LogP contribution in [0.25, 0.3) is 0 Å². The number of rotatable bonds is 3. The maximum Gasteiger partial charge on any atom is 0.164 e. The van der Waals surface area contributed by atoms with Crippen LogP contribution in [0.1, 0.15) is 16.7 Å². The van der Waals surface area contributed by atoms with E-state index in [2.05, 4.69) is 36.9 Å². The Hall–Kier alpha value is -1.50. The molecule has 0 aromatic heterocycles. The Labute approximate surface area is 169 Å². The van der Waals surface area contributed by atoms with Crippen LogP contribution in [0, 0.1) is 13.8 Å². The number of fused-ring (bicyclic) bond motifs is 1. The summed E-state index contributed by atoms with van der Waals surface area (Å²) in [5.41, 5.74) is 4.60. The first-order valence-corrected chi connectivity index (χ1v) is 12.0. The molecular weight excluding hydrogens is 400 g/mol. The Kier molecular flexibility index (Phi) is 4.99. The summed E-state index contributed by atoms with van der Waals surface area (Å²) in [6.07, 6.45) is 0. The number of sulfone groups is 1. The predicted molar refractivity (Wildman–Crippen MR) is 115 cm³/mol. The van der Waals surface area contributed by atoms with Gasteiger partial charge >= 0.3 is 0 Å². The van der Waals surface area contributed by atoms with Gasteiger partial charge in [-0.05, 0) is 54.8 Å². The van der Waals surface area contributed by atoms with Crippen molar-refractivity contribution >= 4 is 44.1 Å². The first-order chi connectivity index (χ1) is 12.8. The van der Waals surface area contributed by atoms with E-state index in [1.807, 2.05) is 24.3 Å². The third-order valence-electron chi connectivity index (χ3n) is 5.16. The fourth-order valence-electron chi connectivity index (χ4n) is 3.54. The van der Waals surface area contributed by atoms with E-state index in [4.69, 9.17) is 16.6 Å². The van der Waals surface area contributed by atoms with Gasteiger partial charge in [0.05, 0.1) is 23.6 Å². The monoisotopic (exact) mass is 420 g/mol. The zero-order chi connectivity index (χ0) is 19.2. The summed E-state index contributed by atoms with van der Waals surface area (Å²) in [5.74, 6) is 1.08. The van der Waals surface area contributed by atoms with Gasteiger partial charge in [-0.15, -0.1) is 0 Å². The van der Waals surface area contributed by atoms with Crippen molar-refractivity contribution in [2.24, 2.45) is 4.99 Å². The maximum atomic E-state index is 12.1. The molecule has 2 aromatic rings. The Balaban J connectivity index is 1.63. The van der Waals surface area contributed by atoms with Crippen LogP contribution in [-0.2, 0) is 15.6 Å². The Bertz CT molecular complexity index is 1000. The van der Waals surface area contributed by atoms with E-state index in [9.17, 15) is 8.42 Å². The minimum Gasteiger partial charge on any atom is -0.315 e. The van der Waals surface area contributed by atoms with E-state index in [0.29, 0.717) is 0 Å². The van der Waals surface area contributed by atoms with Crippen molar-refractivity contribution < 1.29 is 8.42 Å². The van der Waals surface area contributed by atoms with Gasteiger partial charge in [0.1, 0.15) is 0 Å². The summed E-state index contributed by atoms with van der Waals surface area (Å²) in [7, 11) is -3.03. The molecule has 142 valence electrons. The zero-order valence-corrected chi connectivity index (χ0v) is 17.6. The van der Waals surface area contributed by atoms with Crippen LogP contribution >= 0.6 is 23.4 Å². The zero-order valence-electron chi connectivity index (χ0n) is 15.2. The van der Waals surface area contributed by atoms with Gasteiger partial charge in [0, 0.05) is 16.5 Å².